The van der Waals surface area contributed by atoms with Crippen LogP contribution in [0.4, 0.5) is 10.1 Å². The van der Waals surface area contributed by atoms with Crippen LogP contribution in [0.15, 0.2) is 12.1 Å². The number of anilines is 1. The summed E-state index contributed by atoms with van der Waals surface area (Å²) in [6, 6.07) is 2.70. The molecule has 0 heterocycles. The number of carbonyl (C=O) groups excluding carboxylic acids is 1. The van der Waals surface area contributed by atoms with Crippen LogP contribution < -0.4 is 15.8 Å². The van der Waals surface area contributed by atoms with E-state index in [1.165, 1.54) is 12.1 Å². The van der Waals surface area contributed by atoms with Gasteiger partial charge in [-0.15, -0.1) is 0 Å². The third-order valence-electron chi connectivity index (χ3n) is 3.34. The quantitative estimate of drug-likeness (QED) is 0.816. The highest BCUT2D eigenvalue weighted by atomic mass is 19.1. The van der Waals surface area contributed by atoms with Gasteiger partial charge < -0.3 is 15.8 Å². The van der Waals surface area contributed by atoms with E-state index in [1.54, 1.807) is 13.8 Å². The highest BCUT2D eigenvalue weighted by molar-refractivity contribution is 5.81. The van der Waals surface area contributed by atoms with Crippen molar-refractivity contribution in [2.75, 3.05) is 5.73 Å². The van der Waals surface area contributed by atoms with Gasteiger partial charge in [0.15, 0.2) is 17.7 Å². The summed E-state index contributed by atoms with van der Waals surface area (Å²) in [5.41, 5.74) is 6.36. The second-order valence-corrected chi connectivity index (χ2v) is 5.63. The van der Waals surface area contributed by atoms with Gasteiger partial charge in [0.1, 0.15) is 0 Å². The predicted octanol–water partition coefficient (Wildman–Crippen LogP) is 2.79. The monoisotopic (exact) mass is 282 g/mol. The number of aryl methyl sites for hydroxylation is 1. The zero-order valence-electron chi connectivity index (χ0n) is 12.7. The lowest BCUT2D eigenvalue weighted by Gasteiger charge is -2.26. The average molecular weight is 282 g/mol. The molecular weight excluding hydrogens is 259 g/mol. The van der Waals surface area contributed by atoms with E-state index in [-0.39, 0.29) is 17.2 Å². The molecule has 4 nitrogen and oxygen atoms in total. The van der Waals surface area contributed by atoms with Gasteiger partial charge in [0.05, 0.1) is 0 Å². The molecule has 0 aromatic heterocycles. The Morgan fingerprint density at radius 2 is 2.10 bits per heavy atom. The lowest BCUT2D eigenvalue weighted by molar-refractivity contribution is -0.129. The maximum absolute atomic E-state index is 13.7. The van der Waals surface area contributed by atoms with Gasteiger partial charge in [-0.2, -0.15) is 0 Å². The summed E-state index contributed by atoms with van der Waals surface area (Å²) in [6.07, 6.45) is 0.0132. The smallest absolute Gasteiger partial charge is 0.261 e. The molecule has 0 saturated carbocycles. The summed E-state index contributed by atoms with van der Waals surface area (Å²) in [6.45, 7) is 9.17. The van der Waals surface area contributed by atoms with Crippen LogP contribution in [0.25, 0.3) is 0 Å². The lowest BCUT2D eigenvalue weighted by atomic mass is 10.0. The molecule has 0 saturated heterocycles. The standard InChI is InChI=1S/C15H23FN2O2/c1-6-15(4,5)18-14(19)10(3)20-13-7-9(2)12(17)8-11(13)16/h7-8,10H,6,17H2,1-5H3,(H,18,19). The van der Waals surface area contributed by atoms with E-state index in [1.807, 2.05) is 20.8 Å². The van der Waals surface area contributed by atoms with Crippen LogP contribution in [0.3, 0.4) is 0 Å². The van der Waals surface area contributed by atoms with Gasteiger partial charge in [-0.1, -0.05) is 6.92 Å². The molecule has 1 rings (SSSR count). The first-order chi connectivity index (χ1) is 9.16. The van der Waals surface area contributed by atoms with Gasteiger partial charge in [0.2, 0.25) is 0 Å². The molecule has 5 heteroatoms. The maximum Gasteiger partial charge on any atom is 0.261 e. The number of nitrogens with two attached hydrogens (primary N) is 1. The van der Waals surface area contributed by atoms with Crippen LogP contribution in [-0.4, -0.2) is 17.6 Å². The fraction of sp³-hybridized carbons (Fsp3) is 0.533. The van der Waals surface area contributed by atoms with Crippen molar-refractivity contribution in [1.82, 2.24) is 5.32 Å². The molecule has 0 aliphatic carbocycles. The first kappa shape index (κ1) is 16.3. The summed E-state index contributed by atoms with van der Waals surface area (Å²) in [5.74, 6) is -0.804. The summed E-state index contributed by atoms with van der Waals surface area (Å²) in [4.78, 5) is 12.0. The molecule has 3 N–H and O–H groups in total. The molecule has 1 aromatic carbocycles. The largest absolute Gasteiger partial charge is 0.478 e. The van der Waals surface area contributed by atoms with Crippen molar-refractivity contribution in [2.45, 2.75) is 52.7 Å². The number of nitrogen functional groups attached to an aromatic ring is 1. The van der Waals surface area contributed by atoms with E-state index < -0.39 is 11.9 Å². The summed E-state index contributed by atoms with van der Waals surface area (Å²) >= 11 is 0. The number of halogens is 1. The Balaban J connectivity index is 2.78. The number of benzene rings is 1. The van der Waals surface area contributed by atoms with Crippen LogP contribution in [-0.2, 0) is 4.79 Å². The molecule has 0 aliphatic rings. The van der Waals surface area contributed by atoms with E-state index in [2.05, 4.69) is 5.32 Å². The van der Waals surface area contributed by atoms with E-state index in [4.69, 9.17) is 10.5 Å². The Morgan fingerprint density at radius 3 is 2.65 bits per heavy atom. The Morgan fingerprint density at radius 1 is 1.50 bits per heavy atom. The van der Waals surface area contributed by atoms with E-state index in [0.29, 0.717) is 11.3 Å². The van der Waals surface area contributed by atoms with Gasteiger partial charge in [-0.3, -0.25) is 4.79 Å². The SMILES string of the molecule is CCC(C)(C)NC(=O)C(C)Oc1cc(C)c(N)cc1F. The summed E-state index contributed by atoms with van der Waals surface area (Å²) in [5, 5.41) is 2.86. The van der Waals surface area contributed by atoms with Gasteiger partial charge >= 0.3 is 0 Å². The summed E-state index contributed by atoms with van der Waals surface area (Å²) in [7, 11) is 0. The van der Waals surface area contributed by atoms with Gasteiger partial charge in [-0.25, -0.2) is 4.39 Å². The van der Waals surface area contributed by atoms with Crippen LogP contribution in [0.2, 0.25) is 0 Å². The number of nitrogens with one attached hydrogen (secondary N) is 1. The number of ether oxygens (including phenoxy) is 1. The molecule has 0 radical (unpaired) electrons. The van der Waals surface area contributed by atoms with Crippen LogP contribution in [0.1, 0.15) is 39.7 Å². The molecule has 1 aromatic rings. The normalized spacial score (nSPS) is 12.9. The minimum Gasteiger partial charge on any atom is -0.478 e. The van der Waals surface area contributed by atoms with E-state index in [9.17, 15) is 9.18 Å². The van der Waals surface area contributed by atoms with Crippen LogP contribution in [0.5, 0.6) is 5.75 Å². The average Bonchev–Trinajstić information content (AvgIpc) is 2.35. The van der Waals surface area contributed by atoms with Gasteiger partial charge in [0, 0.05) is 17.3 Å². The second kappa shape index (κ2) is 6.11. The van der Waals surface area contributed by atoms with Gasteiger partial charge in [-0.05, 0) is 45.7 Å². The van der Waals surface area contributed by atoms with E-state index >= 15 is 0 Å². The molecule has 0 spiro atoms. The highest BCUT2D eigenvalue weighted by Crippen LogP contribution is 2.24. The third-order valence-corrected chi connectivity index (χ3v) is 3.34. The zero-order chi connectivity index (χ0) is 15.5. The Kier molecular flexibility index (Phi) is 4.98. The van der Waals surface area contributed by atoms with Gasteiger partial charge in [0.25, 0.3) is 5.91 Å². The van der Waals surface area contributed by atoms with Crippen molar-refractivity contribution in [3.05, 3.63) is 23.5 Å². The van der Waals surface area contributed by atoms with Crippen LogP contribution in [0, 0.1) is 12.7 Å². The van der Waals surface area contributed by atoms with Crippen molar-refractivity contribution in [3.8, 4) is 5.75 Å². The Hall–Kier alpha value is -1.78. The third kappa shape index (κ3) is 4.11. The fourth-order valence-corrected chi connectivity index (χ4v) is 1.53. The predicted molar refractivity (Wildman–Crippen MR) is 78.2 cm³/mol. The number of carbonyl (C=O) groups is 1. The number of amides is 1. The lowest BCUT2D eigenvalue weighted by Crippen LogP contribution is -2.48. The molecular formula is C15H23FN2O2. The fourth-order valence-electron chi connectivity index (χ4n) is 1.53. The molecule has 1 unspecified atom stereocenters. The Labute approximate surface area is 119 Å². The molecule has 0 aliphatic heterocycles. The molecule has 112 valence electrons. The van der Waals surface area contributed by atoms with Crippen molar-refractivity contribution >= 4 is 11.6 Å². The molecule has 20 heavy (non-hydrogen) atoms. The number of hydrogen-bond donors (Lipinski definition) is 2. The maximum atomic E-state index is 13.7. The first-order valence-electron chi connectivity index (χ1n) is 6.70. The molecule has 1 atom stereocenters. The van der Waals surface area contributed by atoms with Crippen molar-refractivity contribution < 1.29 is 13.9 Å². The topological polar surface area (TPSA) is 64.3 Å². The molecule has 1 amide bonds. The minimum absolute atomic E-state index is 0.0358. The first-order valence-corrected chi connectivity index (χ1v) is 6.70. The molecule has 0 bridgehead atoms. The van der Waals surface area contributed by atoms with Crippen LogP contribution >= 0.6 is 0 Å². The molecule has 0 fully saturated rings. The van der Waals surface area contributed by atoms with Crippen molar-refractivity contribution in [2.24, 2.45) is 0 Å². The number of hydrogen-bond acceptors (Lipinski definition) is 3. The highest BCUT2D eigenvalue weighted by Gasteiger charge is 2.23. The number of rotatable bonds is 5. The summed E-state index contributed by atoms with van der Waals surface area (Å²) < 4.78 is 19.1. The Bertz CT molecular complexity index is 501. The van der Waals surface area contributed by atoms with E-state index in [0.717, 1.165) is 6.42 Å². The second-order valence-electron chi connectivity index (χ2n) is 5.63. The van der Waals surface area contributed by atoms with Crippen molar-refractivity contribution in [3.63, 3.8) is 0 Å². The zero-order valence-corrected chi connectivity index (χ0v) is 12.7. The minimum atomic E-state index is -0.779. The van der Waals surface area contributed by atoms with Crippen molar-refractivity contribution in [1.29, 1.82) is 0 Å².